The van der Waals surface area contributed by atoms with Gasteiger partial charge in [0.2, 0.25) is 0 Å². The molecule has 2 rings (SSSR count). The van der Waals surface area contributed by atoms with Gasteiger partial charge in [0.25, 0.3) is 0 Å². The fraction of sp³-hybridized carbons (Fsp3) is 0.250. The van der Waals surface area contributed by atoms with Crippen LogP contribution in [0.5, 0.6) is 0 Å². The maximum atomic E-state index is 13.0. The molecule has 1 N–H and O–H groups in total. The van der Waals surface area contributed by atoms with E-state index >= 15 is 0 Å². The van der Waals surface area contributed by atoms with Gasteiger partial charge >= 0.3 is 0 Å². The van der Waals surface area contributed by atoms with Gasteiger partial charge in [-0.2, -0.15) is 0 Å². The molecular weight excluding hydrogens is 165 g/mol. The van der Waals surface area contributed by atoms with Crippen molar-refractivity contribution in [2.45, 2.75) is 6.04 Å². The van der Waals surface area contributed by atoms with Gasteiger partial charge in [-0.15, -0.1) is 0 Å². The number of nitrogens with one attached hydrogen (secondary N) is 1. The van der Waals surface area contributed by atoms with E-state index < -0.39 is 0 Å². The van der Waals surface area contributed by atoms with Crippen LogP contribution in [0.4, 0.5) is 4.39 Å². The van der Waals surface area contributed by atoms with E-state index in [1.807, 2.05) is 0 Å². The monoisotopic (exact) mass is 171 g/mol. The summed E-state index contributed by atoms with van der Waals surface area (Å²) in [6.45, 7) is 0.858. The van der Waals surface area contributed by atoms with Gasteiger partial charge in [-0.05, 0) is 18.2 Å². The molecule has 1 heterocycles. The number of hydrogen-bond donors (Lipinski definition) is 1. The summed E-state index contributed by atoms with van der Waals surface area (Å²) in [5, 5.41) is 3.61. The van der Waals surface area contributed by atoms with Crippen LogP contribution >= 0.6 is 11.6 Å². The first kappa shape index (κ1) is 7.07. The standard InChI is InChI=1S/C8H7ClFN/c9-5-1-2-7(10)6(3-5)8-4-11-8/h1-3,8,11H,4H2/t8-/m1/s1. The topological polar surface area (TPSA) is 21.9 Å². The number of hydrogen-bond acceptors (Lipinski definition) is 1. The molecule has 1 saturated heterocycles. The van der Waals surface area contributed by atoms with Crippen LogP contribution in [0.3, 0.4) is 0 Å². The van der Waals surface area contributed by atoms with E-state index in [0.717, 1.165) is 6.54 Å². The van der Waals surface area contributed by atoms with Crippen LogP contribution in [-0.2, 0) is 0 Å². The summed E-state index contributed by atoms with van der Waals surface area (Å²) in [5.41, 5.74) is 0.678. The lowest BCUT2D eigenvalue weighted by Gasteiger charge is -1.98. The van der Waals surface area contributed by atoms with E-state index in [1.165, 1.54) is 6.07 Å². The fourth-order valence-corrected chi connectivity index (χ4v) is 1.24. The molecule has 1 atom stereocenters. The van der Waals surface area contributed by atoms with Gasteiger partial charge in [-0.25, -0.2) is 4.39 Å². The van der Waals surface area contributed by atoms with E-state index in [2.05, 4.69) is 5.32 Å². The van der Waals surface area contributed by atoms with Gasteiger partial charge in [0.1, 0.15) is 5.82 Å². The van der Waals surface area contributed by atoms with E-state index in [4.69, 9.17) is 11.6 Å². The molecule has 3 heteroatoms. The molecule has 0 radical (unpaired) electrons. The molecule has 0 unspecified atom stereocenters. The Morgan fingerprint density at radius 3 is 2.91 bits per heavy atom. The highest BCUT2D eigenvalue weighted by Crippen LogP contribution is 2.26. The third kappa shape index (κ3) is 1.37. The number of rotatable bonds is 1. The molecule has 1 aromatic carbocycles. The van der Waals surface area contributed by atoms with Crippen molar-refractivity contribution in [3.05, 3.63) is 34.6 Å². The van der Waals surface area contributed by atoms with Gasteiger partial charge in [0, 0.05) is 23.2 Å². The lowest BCUT2D eigenvalue weighted by atomic mass is 10.1. The molecular formula is C8H7ClFN. The Labute approximate surface area is 69.2 Å². The summed E-state index contributed by atoms with van der Waals surface area (Å²) in [4.78, 5) is 0. The van der Waals surface area contributed by atoms with E-state index in [9.17, 15) is 4.39 Å². The quantitative estimate of drug-likeness (QED) is 0.643. The van der Waals surface area contributed by atoms with E-state index in [-0.39, 0.29) is 11.9 Å². The van der Waals surface area contributed by atoms with Gasteiger partial charge in [0.05, 0.1) is 0 Å². The molecule has 1 aliphatic rings. The minimum atomic E-state index is -0.176. The summed E-state index contributed by atoms with van der Waals surface area (Å²) < 4.78 is 13.0. The van der Waals surface area contributed by atoms with Crippen LogP contribution in [0.15, 0.2) is 18.2 Å². The first-order chi connectivity index (χ1) is 5.27. The maximum Gasteiger partial charge on any atom is 0.128 e. The van der Waals surface area contributed by atoms with Crippen molar-refractivity contribution < 1.29 is 4.39 Å². The van der Waals surface area contributed by atoms with Crippen LogP contribution < -0.4 is 5.32 Å². The minimum Gasteiger partial charge on any atom is -0.307 e. The van der Waals surface area contributed by atoms with Crippen molar-refractivity contribution in [1.29, 1.82) is 0 Å². The zero-order valence-corrected chi connectivity index (χ0v) is 6.53. The van der Waals surface area contributed by atoms with Crippen molar-refractivity contribution >= 4 is 11.6 Å². The van der Waals surface area contributed by atoms with Crippen LogP contribution in [0, 0.1) is 5.82 Å². The molecule has 58 valence electrons. The maximum absolute atomic E-state index is 13.0. The predicted octanol–water partition coefficient (Wildman–Crippen LogP) is 2.12. The SMILES string of the molecule is Fc1ccc(Cl)cc1[C@H]1CN1. The largest absolute Gasteiger partial charge is 0.307 e. The minimum absolute atomic E-state index is 0.176. The third-order valence-corrected chi connectivity index (χ3v) is 1.98. The van der Waals surface area contributed by atoms with Crippen LogP contribution in [0.1, 0.15) is 11.6 Å². The number of halogens is 2. The average molecular weight is 172 g/mol. The molecule has 1 aromatic rings. The zero-order valence-electron chi connectivity index (χ0n) is 5.77. The lowest BCUT2D eigenvalue weighted by Crippen LogP contribution is -1.89. The Hall–Kier alpha value is -0.600. The summed E-state index contributed by atoms with van der Waals surface area (Å²) >= 11 is 5.69. The first-order valence-corrected chi connectivity index (χ1v) is 3.83. The highest BCUT2D eigenvalue weighted by atomic mass is 35.5. The Morgan fingerprint density at radius 2 is 2.27 bits per heavy atom. The highest BCUT2D eigenvalue weighted by Gasteiger charge is 2.25. The summed E-state index contributed by atoms with van der Waals surface area (Å²) in [6, 6.07) is 4.82. The molecule has 1 fully saturated rings. The summed E-state index contributed by atoms with van der Waals surface area (Å²) in [6.07, 6.45) is 0. The normalized spacial score (nSPS) is 21.8. The second-order valence-corrected chi connectivity index (χ2v) is 3.06. The first-order valence-electron chi connectivity index (χ1n) is 3.46. The van der Waals surface area contributed by atoms with Crippen LogP contribution in [-0.4, -0.2) is 6.54 Å². The molecule has 0 aliphatic carbocycles. The van der Waals surface area contributed by atoms with Crippen molar-refractivity contribution in [2.75, 3.05) is 6.54 Å². The van der Waals surface area contributed by atoms with Gasteiger partial charge < -0.3 is 5.32 Å². The van der Waals surface area contributed by atoms with Crippen LogP contribution in [0.2, 0.25) is 5.02 Å². The average Bonchev–Trinajstić information content (AvgIpc) is 2.76. The smallest absolute Gasteiger partial charge is 0.128 e. The van der Waals surface area contributed by atoms with Crippen molar-refractivity contribution in [2.24, 2.45) is 0 Å². The molecule has 1 nitrogen and oxygen atoms in total. The van der Waals surface area contributed by atoms with Gasteiger partial charge in [-0.3, -0.25) is 0 Å². The second kappa shape index (κ2) is 2.47. The van der Waals surface area contributed by atoms with Crippen molar-refractivity contribution in [1.82, 2.24) is 5.32 Å². The van der Waals surface area contributed by atoms with Gasteiger partial charge in [-0.1, -0.05) is 11.6 Å². The molecule has 11 heavy (non-hydrogen) atoms. The molecule has 0 bridgehead atoms. The van der Waals surface area contributed by atoms with Gasteiger partial charge in [0.15, 0.2) is 0 Å². The fourth-order valence-electron chi connectivity index (χ4n) is 1.06. The lowest BCUT2D eigenvalue weighted by molar-refractivity contribution is 0.610. The Bertz CT molecular complexity index is 283. The van der Waals surface area contributed by atoms with Crippen LogP contribution in [0.25, 0.3) is 0 Å². The zero-order chi connectivity index (χ0) is 7.84. The summed E-state index contributed by atoms with van der Waals surface area (Å²) in [7, 11) is 0. The van der Waals surface area contributed by atoms with E-state index in [1.54, 1.807) is 12.1 Å². The molecule has 0 amide bonds. The Morgan fingerprint density at radius 1 is 1.55 bits per heavy atom. The van der Waals surface area contributed by atoms with Crippen molar-refractivity contribution in [3.63, 3.8) is 0 Å². The Balaban J connectivity index is 2.42. The molecule has 1 aliphatic heterocycles. The third-order valence-electron chi connectivity index (χ3n) is 1.74. The Kier molecular flexibility index (Phi) is 1.59. The number of benzene rings is 1. The van der Waals surface area contributed by atoms with E-state index in [0.29, 0.717) is 10.6 Å². The molecule has 0 saturated carbocycles. The molecule has 0 spiro atoms. The summed E-state index contributed by atoms with van der Waals surface area (Å²) in [5.74, 6) is -0.176. The molecule has 0 aromatic heterocycles. The highest BCUT2D eigenvalue weighted by molar-refractivity contribution is 6.30. The predicted molar refractivity (Wildman–Crippen MR) is 42.2 cm³/mol. The second-order valence-electron chi connectivity index (χ2n) is 2.63. The van der Waals surface area contributed by atoms with Crippen molar-refractivity contribution in [3.8, 4) is 0 Å².